The van der Waals surface area contributed by atoms with Crippen LogP contribution in [0.3, 0.4) is 0 Å². The zero-order valence-corrected chi connectivity index (χ0v) is 16.3. The Morgan fingerprint density at radius 3 is 1.75 bits per heavy atom. The van der Waals surface area contributed by atoms with Gasteiger partial charge in [0.2, 0.25) is 0 Å². The van der Waals surface area contributed by atoms with Gasteiger partial charge in [-0.15, -0.1) is 0 Å². The number of aliphatic hydroxyl groups is 1. The van der Waals surface area contributed by atoms with Crippen LogP contribution < -0.4 is 0 Å². The Hall–Kier alpha value is -0.380. The van der Waals surface area contributed by atoms with Gasteiger partial charge in [-0.1, -0.05) is 64.5 Å². The Labute approximate surface area is 150 Å². The molecule has 0 spiro atoms. The van der Waals surface area contributed by atoms with Gasteiger partial charge in [-0.2, -0.15) is 0 Å². The molecule has 0 bridgehead atoms. The molecule has 0 aliphatic carbocycles. The van der Waals surface area contributed by atoms with Gasteiger partial charge in [-0.05, 0) is 44.9 Å². The maximum Gasteiger partial charge on any atom is 0.157 e. The van der Waals surface area contributed by atoms with Crippen LogP contribution in [0, 0.1) is 0 Å². The van der Waals surface area contributed by atoms with Crippen molar-refractivity contribution in [1.29, 1.82) is 0 Å². The molecule has 1 N–H and O–H groups in total. The van der Waals surface area contributed by atoms with Crippen molar-refractivity contribution in [3.63, 3.8) is 0 Å². The van der Waals surface area contributed by atoms with E-state index >= 15 is 0 Å². The Kier molecular flexibility index (Phi) is 20.3. The van der Waals surface area contributed by atoms with Gasteiger partial charge in [0.25, 0.3) is 0 Å². The summed E-state index contributed by atoms with van der Waals surface area (Å²) in [5, 5.41) is 8.67. The number of hydrogen-bond donors (Lipinski definition) is 1. The number of rotatable bonds is 19. The van der Waals surface area contributed by atoms with E-state index in [0.29, 0.717) is 0 Å². The first-order valence-electron chi connectivity index (χ1n) is 10.3. The van der Waals surface area contributed by atoms with E-state index < -0.39 is 0 Å². The summed E-state index contributed by atoms with van der Waals surface area (Å²) >= 11 is 0. The minimum Gasteiger partial charge on any atom is -0.396 e. The highest BCUT2D eigenvalue weighted by Gasteiger charge is 2.08. The molecule has 0 aromatic carbocycles. The van der Waals surface area contributed by atoms with E-state index in [2.05, 4.69) is 26.0 Å². The third-order valence-electron chi connectivity index (χ3n) is 4.04. The standard InChI is InChI=1S/C21H42O3/c1-3-19-23-21(24-20-4-2)17-15-13-11-9-7-5-6-8-10-12-14-16-18-22/h12,14,21-22H,3-11,13,15-20H2,1-2H3/b14-12+. The van der Waals surface area contributed by atoms with Crippen LogP contribution in [0.15, 0.2) is 12.2 Å². The van der Waals surface area contributed by atoms with Gasteiger partial charge in [-0.3, -0.25) is 0 Å². The SMILES string of the molecule is CCCOC(CCCCCCCCCC/C=C/CCO)OCCC. The maximum absolute atomic E-state index is 8.67. The molecule has 0 aromatic heterocycles. The first-order chi connectivity index (χ1) is 11.8. The predicted molar refractivity (Wildman–Crippen MR) is 103 cm³/mol. The van der Waals surface area contributed by atoms with E-state index in [1.54, 1.807) is 0 Å². The molecule has 0 amide bonds. The second-order valence-corrected chi connectivity index (χ2v) is 6.56. The highest BCUT2D eigenvalue weighted by atomic mass is 16.7. The summed E-state index contributed by atoms with van der Waals surface area (Å²) < 4.78 is 11.5. The van der Waals surface area contributed by atoms with Gasteiger partial charge < -0.3 is 14.6 Å². The van der Waals surface area contributed by atoms with Crippen LogP contribution in [0.25, 0.3) is 0 Å². The molecule has 0 heterocycles. The van der Waals surface area contributed by atoms with Gasteiger partial charge >= 0.3 is 0 Å². The first kappa shape index (κ1) is 23.6. The van der Waals surface area contributed by atoms with Crippen LogP contribution in [0.4, 0.5) is 0 Å². The highest BCUT2D eigenvalue weighted by molar-refractivity contribution is 4.80. The number of allylic oxidation sites excluding steroid dienone is 1. The molecule has 0 aliphatic heterocycles. The molecule has 0 aromatic rings. The van der Waals surface area contributed by atoms with Crippen molar-refractivity contribution in [3.05, 3.63) is 12.2 Å². The van der Waals surface area contributed by atoms with E-state index in [0.717, 1.165) is 45.3 Å². The maximum atomic E-state index is 8.67. The molecule has 0 saturated heterocycles. The molecule has 0 rings (SSSR count). The van der Waals surface area contributed by atoms with Crippen molar-refractivity contribution < 1.29 is 14.6 Å². The summed E-state index contributed by atoms with van der Waals surface area (Å²) in [6.45, 7) is 6.17. The summed E-state index contributed by atoms with van der Waals surface area (Å²) in [7, 11) is 0. The fourth-order valence-corrected chi connectivity index (χ4v) is 2.66. The molecule has 3 heteroatoms. The van der Waals surface area contributed by atoms with Gasteiger partial charge in [0.15, 0.2) is 6.29 Å². The lowest BCUT2D eigenvalue weighted by atomic mass is 10.1. The van der Waals surface area contributed by atoms with Gasteiger partial charge in [0, 0.05) is 19.8 Å². The molecular weight excluding hydrogens is 300 g/mol. The lowest BCUT2D eigenvalue weighted by Gasteiger charge is -2.18. The molecule has 0 fully saturated rings. The van der Waals surface area contributed by atoms with E-state index in [9.17, 15) is 0 Å². The highest BCUT2D eigenvalue weighted by Crippen LogP contribution is 2.13. The van der Waals surface area contributed by atoms with Crippen molar-refractivity contribution in [2.24, 2.45) is 0 Å². The average molecular weight is 343 g/mol. The van der Waals surface area contributed by atoms with E-state index in [1.165, 1.54) is 51.4 Å². The lowest BCUT2D eigenvalue weighted by molar-refractivity contribution is -0.146. The first-order valence-corrected chi connectivity index (χ1v) is 10.3. The molecule has 0 atom stereocenters. The topological polar surface area (TPSA) is 38.7 Å². The molecule has 144 valence electrons. The van der Waals surface area contributed by atoms with Crippen molar-refractivity contribution in [3.8, 4) is 0 Å². The van der Waals surface area contributed by atoms with Crippen molar-refractivity contribution in [2.75, 3.05) is 19.8 Å². The minimum atomic E-state index is 0.0174. The second kappa shape index (κ2) is 20.7. The molecule has 0 unspecified atom stereocenters. The second-order valence-electron chi connectivity index (χ2n) is 6.56. The third kappa shape index (κ3) is 18.0. The van der Waals surface area contributed by atoms with Crippen LogP contribution in [0.2, 0.25) is 0 Å². The quantitative estimate of drug-likeness (QED) is 0.178. The van der Waals surface area contributed by atoms with E-state index in [1.807, 2.05) is 0 Å². The predicted octanol–water partition coefficient (Wildman–Crippen LogP) is 6.01. The number of unbranched alkanes of at least 4 members (excludes halogenated alkanes) is 8. The van der Waals surface area contributed by atoms with Crippen LogP contribution in [0.5, 0.6) is 0 Å². The molecule has 0 saturated carbocycles. The Bertz CT molecular complexity index is 245. The minimum absolute atomic E-state index is 0.0174. The number of hydrogen-bond acceptors (Lipinski definition) is 3. The third-order valence-corrected chi connectivity index (χ3v) is 4.04. The van der Waals surface area contributed by atoms with Crippen molar-refractivity contribution in [1.82, 2.24) is 0 Å². The van der Waals surface area contributed by atoms with Gasteiger partial charge in [0.1, 0.15) is 0 Å². The molecular formula is C21H42O3. The van der Waals surface area contributed by atoms with Crippen molar-refractivity contribution >= 4 is 0 Å². The monoisotopic (exact) mass is 342 g/mol. The molecule has 24 heavy (non-hydrogen) atoms. The largest absolute Gasteiger partial charge is 0.396 e. The normalized spacial score (nSPS) is 11.8. The van der Waals surface area contributed by atoms with Crippen LogP contribution in [-0.4, -0.2) is 31.2 Å². The van der Waals surface area contributed by atoms with E-state index in [4.69, 9.17) is 14.6 Å². The van der Waals surface area contributed by atoms with E-state index in [-0.39, 0.29) is 12.9 Å². The average Bonchev–Trinajstić information content (AvgIpc) is 2.60. The summed E-state index contributed by atoms with van der Waals surface area (Å²) in [4.78, 5) is 0. The summed E-state index contributed by atoms with van der Waals surface area (Å²) in [6.07, 6.45) is 20.0. The van der Waals surface area contributed by atoms with Crippen LogP contribution in [0.1, 0.15) is 97.3 Å². The lowest BCUT2D eigenvalue weighted by Crippen LogP contribution is -2.18. The fourth-order valence-electron chi connectivity index (χ4n) is 2.66. The Morgan fingerprint density at radius 2 is 1.21 bits per heavy atom. The summed E-state index contributed by atoms with van der Waals surface area (Å²) in [5.74, 6) is 0. The number of aliphatic hydroxyl groups excluding tert-OH is 1. The molecule has 3 nitrogen and oxygen atoms in total. The summed E-state index contributed by atoms with van der Waals surface area (Å²) in [5.41, 5.74) is 0. The van der Waals surface area contributed by atoms with Crippen molar-refractivity contribution in [2.45, 2.75) is 104 Å². The Morgan fingerprint density at radius 1 is 0.708 bits per heavy atom. The molecule has 0 radical (unpaired) electrons. The summed E-state index contributed by atoms with van der Waals surface area (Å²) in [6, 6.07) is 0. The van der Waals surface area contributed by atoms with Gasteiger partial charge in [0.05, 0.1) is 0 Å². The smallest absolute Gasteiger partial charge is 0.157 e. The molecule has 0 aliphatic rings. The Balaban J connectivity index is 3.35. The fraction of sp³-hybridized carbons (Fsp3) is 0.905. The number of ether oxygens (including phenoxy) is 2. The van der Waals surface area contributed by atoms with Gasteiger partial charge in [-0.25, -0.2) is 0 Å². The van der Waals surface area contributed by atoms with Crippen LogP contribution in [-0.2, 0) is 9.47 Å². The zero-order valence-electron chi connectivity index (χ0n) is 16.3. The van der Waals surface area contributed by atoms with Crippen LogP contribution >= 0.6 is 0 Å². The zero-order chi connectivity index (χ0) is 17.7.